The maximum absolute atomic E-state index is 12.1. The van der Waals surface area contributed by atoms with Crippen molar-refractivity contribution in [2.24, 2.45) is 5.92 Å². The van der Waals surface area contributed by atoms with Gasteiger partial charge in [-0.1, -0.05) is 49.6 Å². The molecule has 1 atom stereocenters. The van der Waals surface area contributed by atoms with Gasteiger partial charge in [-0.25, -0.2) is 0 Å². The van der Waals surface area contributed by atoms with E-state index >= 15 is 0 Å². The summed E-state index contributed by atoms with van der Waals surface area (Å²) in [6.07, 6.45) is 6.08. The number of nitrogens with zero attached hydrogens (tertiary/aromatic N) is 1. The molecule has 0 unspecified atom stereocenters. The van der Waals surface area contributed by atoms with E-state index in [-0.39, 0.29) is 18.2 Å². The number of benzene rings is 1. The van der Waals surface area contributed by atoms with Gasteiger partial charge in [0.15, 0.2) is 11.7 Å². The van der Waals surface area contributed by atoms with Gasteiger partial charge in [0.2, 0.25) is 5.91 Å². The van der Waals surface area contributed by atoms with Gasteiger partial charge in [0.1, 0.15) is 0 Å². The number of nitrogens with one attached hydrogen (secondary N) is 1. The summed E-state index contributed by atoms with van der Waals surface area (Å²) < 4.78 is 0. The van der Waals surface area contributed by atoms with E-state index in [4.69, 9.17) is 5.26 Å². The van der Waals surface area contributed by atoms with Crippen molar-refractivity contribution in [3.63, 3.8) is 0 Å². The summed E-state index contributed by atoms with van der Waals surface area (Å²) in [6, 6.07) is 11.6. The maximum atomic E-state index is 12.1. The third-order valence-corrected chi connectivity index (χ3v) is 4.17. The van der Waals surface area contributed by atoms with E-state index in [2.05, 4.69) is 5.32 Å². The smallest absolute Gasteiger partial charge is 0.245 e. The van der Waals surface area contributed by atoms with Crippen molar-refractivity contribution < 1.29 is 9.59 Å². The second-order valence-corrected chi connectivity index (χ2v) is 5.86. The van der Waals surface area contributed by atoms with Crippen molar-refractivity contribution in [1.29, 1.82) is 5.26 Å². The van der Waals surface area contributed by atoms with Crippen LogP contribution in [0.15, 0.2) is 30.3 Å². The Morgan fingerprint density at radius 3 is 2.50 bits per heavy atom. The predicted octanol–water partition coefficient (Wildman–Crippen LogP) is 2.78. The molecule has 1 aliphatic carbocycles. The Labute approximate surface area is 131 Å². The molecule has 0 aromatic heterocycles. The van der Waals surface area contributed by atoms with Gasteiger partial charge in [-0.15, -0.1) is 0 Å². The van der Waals surface area contributed by atoms with Gasteiger partial charge in [0.25, 0.3) is 0 Å². The topological polar surface area (TPSA) is 70.0 Å². The molecular weight excluding hydrogens is 276 g/mol. The molecule has 0 bridgehead atoms. The molecule has 1 amide bonds. The van der Waals surface area contributed by atoms with Crippen molar-refractivity contribution in [3.8, 4) is 6.07 Å². The normalized spacial score (nSPS) is 16.5. The largest absolute Gasteiger partial charge is 0.352 e. The van der Waals surface area contributed by atoms with E-state index in [0.717, 1.165) is 31.2 Å². The van der Waals surface area contributed by atoms with Crippen LogP contribution in [-0.2, 0) is 16.0 Å². The monoisotopic (exact) mass is 298 g/mol. The van der Waals surface area contributed by atoms with E-state index in [1.165, 1.54) is 6.42 Å². The van der Waals surface area contributed by atoms with Crippen LogP contribution in [-0.4, -0.2) is 17.7 Å². The lowest BCUT2D eigenvalue weighted by molar-refractivity contribution is -0.132. The fraction of sp³-hybridized carbons (Fsp3) is 0.500. The van der Waals surface area contributed by atoms with Crippen LogP contribution >= 0.6 is 0 Å². The van der Waals surface area contributed by atoms with Crippen LogP contribution < -0.4 is 5.32 Å². The Bertz CT molecular complexity index is 542. The first-order chi connectivity index (χ1) is 10.7. The molecule has 1 fully saturated rings. The van der Waals surface area contributed by atoms with Crippen LogP contribution in [0.3, 0.4) is 0 Å². The number of amides is 1. The second-order valence-electron chi connectivity index (χ2n) is 5.86. The Morgan fingerprint density at radius 2 is 1.86 bits per heavy atom. The van der Waals surface area contributed by atoms with Gasteiger partial charge in [0, 0.05) is 12.5 Å². The molecule has 116 valence electrons. The molecule has 0 spiro atoms. The van der Waals surface area contributed by atoms with Crippen molar-refractivity contribution in [3.05, 3.63) is 35.9 Å². The minimum absolute atomic E-state index is 0.124. The zero-order valence-corrected chi connectivity index (χ0v) is 12.8. The fourth-order valence-corrected chi connectivity index (χ4v) is 2.86. The summed E-state index contributed by atoms with van der Waals surface area (Å²) in [5, 5.41) is 12.0. The Hall–Kier alpha value is -2.15. The van der Waals surface area contributed by atoms with Crippen molar-refractivity contribution in [2.75, 3.05) is 0 Å². The molecule has 1 N–H and O–H groups in total. The Morgan fingerprint density at radius 1 is 1.18 bits per heavy atom. The number of hydrogen-bond acceptors (Lipinski definition) is 3. The third kappa shape index (κ3) is 4.70. The van der Waals surface area contributed by atoms with Crippen LogP contribution in [0.4, 0.5) is 0 Å². The van der Waals surface area contributed by atoms with Crippen LogP contribution in [0, 0.1) is 17.2 Å². The van der Waals surface area contributed by atoms with Crippen LogP contribution in [0.25, 0.3) is 0 Å². The number of carbonyl (C=O) groups excluding carboxylic acids is 2. The lowest BCUT2D eigenvalue weighted by Crippen LogP contribution is -2.42. The zero-order valence-electron chi connectivity index (χ0n) is 12.8. The first kappa shape index (κ1) is 16.2. The summed E-state index contributed by atoms with van der Waals surface area (Å²) in [4.78, 5) is 24.3. The first-order valence-electron chi connectivity index (χ1n) is 7.97. The molecule has 2 rings (SSSR count). The zero-order chi connectivity index (χ0) is 15.8. The second kappa shape index (κ2) is 8.33. The number of ketones is 1. The summed E-state index contributed by atoms with van der Waals surface area (Å²) >= 11 is 0. The average molecular weight is 298 g/mol. The molecule has 1 aromatic carbocycles. The van der Waals surface area contributed by atoms with Gasteiger partial charge < -0.3 is 5.32 Å². The van der Waals surface area contributed by atoms with E-state index in [1.807, 2.05) is 36.4 Å². The molecule has 1 aromatic rings. The molecule has 0 aliphatic heterocycles. The molecule has 4 heteroatoms. The van der Waals surface area contributed by atoms with E-state index in [1.54, 1.807) is 0 Å². The van der Waals surface area contributed by atoms with E-state index in [9.17, 15) is 9.59 Å². The summed E-state index contributed by atoms with van der Waals surface area (Å²) in [5.74, 6) is -1.89. The summed E-state index contributed by atoms with van der Waals surface area (Å²) in [5.41, 5.74) is 1.04. The molecule has 1 aliphatic rings. The highest BCUT2D eigenvalue weighted by Crippen LogP contribution is 2.18. The van der Waals surface area contributed by atoms with Crippen molar-refractivity contribution in [2.45, 2.75) is 51.0 Å². The van der Waals surface area contributed by atoms with E-state index < -0.39 is 11.8 Å². The fourth-order valence-electron chi connectivity index (χ4n) is 2.86. The molecule has 1 saturated carbocycles. The van der Waals surface area contributed by atoms with Crippen molar-refractivity contribution in [1.82, 2.24) is 5.32 Å². The molecule has 0 heterocycles. The summed E-state index contributed by atoms with van der Waals surface area (Å²) in [6.45, 7) is 0. The number of hydrogen-bond donors (Lipinski definition) is 1. The summed E-state index contributed by atoms with van der Waals surface area (Å²) in [7, 11) is 0. The highest BCUT2D eigenvalue weighted by molar-refractivity contribution is 6.04. The van der Waals surface area contributed by atoms with E-state index in [0.29, 0.717) is 6.42 Å². The number of Topliss-reactive ketones (excluding diaryl/α,β-unsaturated/α-hetero) is 1. The van der Waals surface area contributed by atoms with Gasteiger partial charge in [-0.3, -0.25) is 9.59 Å². The number of carbonyl (C=O) groups is 2. The third-order valence-electron chi connectivity index (χ3n) is 4.17. The molecule has 22 heavy (non-hydrogen) atoms. The number of rotatable bonds is 6. The lowest BCUT2D eigenvalue weighted by Gasteiger charge is -2.23. The quantitative estimate of drug-likeness (QED) is 0.821. The van der Waals surface area contributed by atoms with Crippen LogP contribution in [0.1, 0.15) is 44.1 Å². The molecule has 0 radical (unpaired) electrons. The number of aryl methyl sites for hydroxylation is 1. The Kier molecular flexibility index (Phi) is 6.14. The number of nitriles is 1. The lowest BCUT2D eigenvalue weighted by atomic mass is 9.93. The van der Waals surface area contributed by atoms with Crippen molar-refractivity contribution >= 4 is 11.7 Å². The van der Waals surface area contributed by atoms with Crippen LogP contribution in [0.2, 0.25) is 0 Å². The van der Waals surface area contributed by atoms with Gasteiger partial charge in [0.05, 0.1) is 6.07 Å². The Balaban J connectivity index is 1.85. The highest BCUT2D eigenvalue weighted by atomic mass is 16.2. The van der Waals surface area contributed by atoms with Gasteiger partial charge >= 0.3 is 0 Å². The maximum Gasteiger partial charge on any atom is 0.245 e. The highest BCUT2D eigenvalue weighted by Gasteiger charge is 2.28. The minimum atomic E-state index is -1.18. The molecule has 4 nitrogen and oxygen atoms in total. The molecular formula is C18H22N2O2. The standard InChI is InChI=1S/C18H22N2O2/c19-13-16(18(22)20-15-9-5-2-6-10-15)17(21)12-11-14-7-3-1-4-8-14/h1,3-4,7-8,15-16H,2,5-6,9-12H2,(H,20,22)/t16-/m0/s1. The molecule has 0 saturated heterocycles. The minimum Gasteiger partial charge on any atom is -0.352 e. The predicted molar refractivity (Wildman–Crippen MR) is 83.9 cm³/mol. The first-order valence-corrected chi connectivity index (χ1v) is 7.97. The van der Waals surface area contributed by atoms with Gasteiger partial charge in [-0.2, -0.15) is 5.26 Å². The van der Waals surface area contributed by atoms with Crippen LogP contribution in [0.5, 0.6) is 0 Å². The van der Waals surface area contributed by atoms with Gasteiger partial charge in [-0.05, 0) is 24.8 Å². The SMILES string of the molecule is N#C[C@@H](C(=O)CCc1ccccc1)C(=O)NC1CCCCC1. The average Bonchev–Trinajstić information content (AvgIpc) is 2.55.